The lowest BCUT2D eigenvalue weighted by molar-refractivity contribution is -0.142. The molecule has 0 aromatic heterocycles. The molecule has 2 aromatic carbocycles. The third-order valence-electron chi connectivity index (χ3n) is 6.88. The Morgan fingerprint density at radius 3 is 1.69 bits per heavy atom. The molecule has 0 saturated carbocycles. The number of hydrogen-bond donors (Lipinski definition) is 10. The lowest BCUT2D eigenvalue weighted by Crippen LogP contribution is -2.57. The zero-order chi connectivity index (χ0) is 33.4. The van der Waals surface area contributed by atoms with Crippen LogP contribution in [0.4, 0.5) is 0 Å². The Labute approximate surface area is 261 Å². The van der Waals surface area contributed by atoms with Gasteiger partial charge in [0.15, 0.2) is 5.96 Å². The van der Waals surface area contributed by atoms with E-state index in [9.17, 15) is 34.5 Å². The SMILES string of the molecule is NCCCCC(N)C(=O)NC(Cc1ccc(O)cc1)C(=O)NC(CCCN=C(N)N)C(=O)NC(Cc1ccc(O)cc1)C(=O)O. The van der Waals surface area contributed by atoms with E-state index >= 15 is 0 Å². The van der Waals surface area contributed by atoms with Gasteiger partial charge in [0.1, 0.15) is 29.6 Å². The van der Waals surface area contributed by atoms with Crippen molar-refractivity contribution in [3.63, 3.8) is 0 Å². The van der Waals surface area contributed by atoms with Crippen LogP contribution in [0.15, 0.2) is 53.5 Å². The molecule has 0 radical (unpaired) electrons. The molecule has 15 heteroatoms. The minimum atomic E-state index is -1.35. The van der Waals surface area contributed by atoms with Crippen LogP contribution in [-0.2, 0) is 32.0 Å². The van der Waals surface area contributed by atoms with Gasteiger partial charge in [0.05, 0.1) is 6.04 Å². The Morgan fingerprint density at radius 2 is 1.18 bits per heavy atom. The fourth-order valence-corrected chi connectivity index (χ4v) is 4.38. The van der Waals surface area contributed by atoms with E-state index < -0.39 is 47.9 Å². The van der Waals surface area contributed by atoms with Crippen LogP contribution in [0.1, 0.15) is 43.2 Å². The summed E-state index contributed by atoms with van der Waals surface area (Å²) in [7, 11) is 0. The molecule has 0 saturated heterocycles. The maximum Gasteiger partial charge on any atom is 0.326 e. The number of phenolic OH excluding ortho intramolecular Hbond substituents is 2. The first-order chi connectivity index (χ1) is 21.4. The number of nitrogens with zero attached hydrogens (tertiary/aromatic N) is 1. The summed E-state index contributed by atoms with van der Waals surface area (Å²) >= 11 is 0. The molecule has 3 amide bonds. The lowest BCUT2D eigenvalue weighted by Gasteiger charge is -2.25. The van der Waals surface area contributed by atoms with Crippen molar-refractivity contribution in [1.82, 2.24) is 16.0 Å². The van der Waals surface area contributed by atoms with E-state index in [0.717, 1.165) is 0 Å². The highest BCUT2D eigenvalue weighted by atomic mass is 16.4. The van der Waals surface area contributed by atoms with Gasteiger partial charge >= 0.3 is 5.97 Å². The van der Waals surface area contributed by atoms with Gasteiger partial charge in [-0.25, -0.2) is 4.79 Å². The van der Waals surface area contributed by atoms with Gasteiger partial charge < -0.3 is 54.2 Å². The summed E-state index contributed by atoms with van der Waals surface area (Å²) in [5, 5.41) is 36.7. The quantitative estimate of drug-likeness (QED) is 0.0508. The first kappa shape index (κ1) is 36.3. The molecular weight excluding hydrogens is 584 g/mol. The zero-order valence-corrected chi connectivity index (χ0v) is 25.0. The van der Waals surface area contributed by atoms with Crippen LogP contribution in [0.5, 0.6) is 11.5 Å². The highest BCUT2D eigenvalue weighted by Crippen LogP contribution is 2.14. The fraction of sp³-hybridized carbons (Fsp3) is 0.433. The molecule has 246 valence electrons. The highest BCUT2D eigenvalue weighted by molar-refractivity contribution is 5.94. The van der Waals surface area contributed by atoms with Gasteiger partial charge in [0.25, 0.3) is 0 Å². The summed E-state index contributed by atoms with van der Waals surface area (Å²) in [6.45, 7) is 0.591. The molecule has 4 atom stereocenters. The van der Waals surface area contributed by atoms with Gasteiger partial charge in [-0.2, -0.15) is 0 Å². The second-order valence-electron chi connectivity index (χ2n) is 10.6. The van der Waals surface area contributed by atoms with Gasteiger partial charge in [0.2, 0.25) is 17.7 Å². The predicted molar refractivity (Wildman–Crippen MR) is 168 cm³/mol. The number of nitrogens with two attached hydrogens (primary N) is 4. The second kappa shape index (κ2) is 18.7. The molecule has 0 bridgehead atoms. The number of carbonyl (C=O) groups is 4. The molecule has 0 aliphatic rings. The van der Waals surface area contributed by atoms with Crippen LogP contribution in [0.25, 0.3) is 0 Å². The largest absolute Gasteiger partial charge is 0.508 e. The van der Waals surface area contributed by atoms with Gasteiger partial charge in [-0.3, -0.25) is 19.4 Å². The second-order valence-corrected chi connectivity index (χ2v) is 10.6. The number of hydrogen-bond acceptors (Lipinski definition) is 9. The number of nitrogens with one attached hydrogen (secondary N) is 3. The zero-order valence-electron chi connectivity index (χ0n) is 25.0. The van der Waals surface area contributed by atoms with Crippen molar-refractivity contribution in [1.29, 1.82) is 0 Å². The molecule has 0 aliphatic carbocycles. The van der Waals surface area contributed by atoms with Crippen molar-refractivity contribution in [2.45, 2.75) is 69.1 Å². The summed E-state index contributed by atoms with van der Waals surface area (Å²) in [4.78, 5) is 55.8. The standard InChI is InChI=1S/C30H44N8O7/c31-14-2-1-4-22(32)26(41)37-24(16-18-6-10-20(39)11-7-18)28(43)36-23(5-3-15-35-30(33)34)27(42)38-25(29(44)45)17-19-8-12-21(40)13-9-19/h6-13,22-25,39-40H,1-5,14-17,31-32H2,(H,36,43)(H,37,41)(H,38,42)(H,44,45)(H4,33,34,35). The summed E-state index contributed by atoms with van der Waals surface area (Å²) in [5.41, 5.74) is 23.5. The molecular formula is C30H44N8O7. The molecule has 4 unspecified atom stereocenters. The highest BCUT2D eigenvalue weighted by Gasteiger charge is 2.30. The van der Waals surface area contributed by atoms with Gasteiger partial charge in [-0.1, -0.05) is 30.7 Å². The van der Waals surface area contributed by atoms with Crippen LogP contribution < -0.4 is 38.9 Å². The van der Waals surface area contributed by atoms with Crippen molar-refractivity contribution in [2.24, 2.45) is 27.9 Å². The van der Waals surface area contributed by atoms with Crippen LogP contribution in [-0.4, -0.2) is 82.2 Å². The fourth-order valence-electron chi connectivity index (χ4n) is 4.38. The number of amides is 3. The Hall–Kier alpha value is -4.89. The minimum Gasteiger partial charge on any atom is -0.508 e. The maximum absolute atomic E-state index is 13.6. The number of phenols is 2. The molecule has 14 N–H and O–H groups in total. The van der Waals surface area contributed by atoms with E-state index in [0.29, 0.717) is 36.9 Å². The van der Waals surface area contributed by atoms with E-state index in [-0.39, 0.29) is 49.7 Å². The number of rotatable bonds is 19. The average Bonchev–Trinajstić information content (AvgIpc) is 2.99. The molecule has 0 spiro atoms. The van der Waals surface area contributed by atoms with E-state index in [2.05, 4.69) is 20.9 Å². The van der Waals surface area contributed by atoms with E-state index in [4.69, 9.17) is 22.9 Å². The topological polar surface area (TPSA) is 282 Å². The van der Waals surface area contributed by atoms with Gasteiger partial charge in [-0.15, -0.1) is 0 Å². The maximum atomic E-state index is 13.6. The van der Waals surface area contributed by atoms with E-state index in [1.165, 1.54) is 36.4 Å². The molecule has 2 aromatic rings. The number of benzene rings is 2. The van der Waals surface area contributed by atoms with Crippen molar-refractivity contribution in [2.75, 3.05) is 13.1 Å². The lowest BCUT2D eigenvalue weighted by atomic mass is 10.0. The average molecular weight is 629 g/mol. The van der Waals surface area contributed by atoms with Crippen LogP contribution in [0.2, 0.25) is 0 Å². The van der Waals surface area contributed by atoms with Crippen molar-refractivity contribution < 1.29 is 34.5 Å². The van der Waals surface area contributed by atoms with Crippen LogP contribution >= 0.6 is 0 Å². The Morgan fingerprint density at radius 1 is 0.689 bits per heavy atom. The number of carboxylic acids is 1. The summed E-state index contributed by atoms with van der Waals surface area (Å²) < 4.78 is 0. The van der Waals surface area contributed by atoms with Gasteiger partial charge in [0, 0.05) is 19.4 Å². The number of aliphatic imine (C=N–C) groups is 1. The molecule has 0 fully saturated rings. The number of aliphatic carboxylic acids is 1. The number of aromatic hydroxyl groups is 2. The number of unbranched alkanes of at least 4 members (excludes halogenated alkanes) is 1. The van der Waals surface area contributed by atoms with Crippen molar-refractivity contribution >= 4 is 29.7 Å². The molecule has 0 heterocycles. The smallest absolute Gasteiger partial charge is 0.326 e. The Bertz CT molecular complexity index is 1280. The van der Waals surface area contributed by atoms with E-state index in [1.54, 1.807) is 12.1 Å². The monoisotopic (exact) mass is 628 g/mol. The number of guanidine groups is 1. The van der Waals surface area contributed by atoms with Crippen molar-refractivity contribution in [3.05, 3.63) is 59.7 Å². The molecule has 2 rings (SSSR count). The summed E-state index contributed by atoms with van der Waals surface area (Å²) in [6, 6.07) is 7.27. The van der Waals surface area contributed by atoms with E-state index in [1.807, 2.05) is 0 Å². The van der Waals surface area contributed by atoms with Crippen LogP contribution in [0.3, 0.4) is 0 Å². The molecule has 45 heavy (non-hydrogen) atoms. The number of carboxylic acid groups (broad SMARTS) is 1. The third kappa shape index (κ3) is 13.5. The normalized spacial score (nSPS) is 13.5. The Balaban J connectivity index is 2.26. The third-order valence-corrected chi connectivity index (χ3v) is 6.88. The molecule has 0 aliphatic heterocycles. The van der Waals surface area contributed by atoms with Crippen molar-refractivity contribution in [3.8, 4) is 11.5 Å². The predicted octanol–water partition coefficient (Wildman–Crippen LogP) is -1.07. The Kier molecular flexibility index (Phi) is 15.1. The van der Waals surface area contributed by atoms with Gasteiger partial charge in [-0.05, 0) is 67.6 Å². The molecule has 15 nitrogen and oxygen atoms in total. The summed E-state index contributed by atoms with van der Waals surface area (Å²) in [6.07, 6.45) is 1.87. The summed E-state index contributed by atoms with van der Waals surface area (Å²) in [5.74, 6) is -3.49. The minimum absolute atomic E-state index is 0.00340. The van der Waals surface area contributed by atoms with Crippen LogP contribution in [0, 0.1) is 0 Å². The number of carbonyl (C=O) groups excluding carboxylic acids is 3. The first-order valence-corrected chi connectivity index (χ1v) is 14.6. The first-order valence-electron chi connectivity index (χ1n) is 14.6.